The highest BCUT2D eigenvalue weighted by molar-refractivity contribution is 7.90. The van der Waals surface area contributed by atoms with E-state index in [1.807, 2.05) is 0 Å². The average molecular weight is 403 g/mol. The van der Waals surface area contributed by atoms with E-state index in [1.54, 1.807) is 51.5 Å². The summed E-state index contributed by atoms with van der Waals surface area (Å²) in [6, 6.07) is -0.635. The number of hydrogen-bond donors (Lipinski definition) is 2. The Hall–Kier alpha value is -1.60. The van der Waals surface area contributed by atoms with Gasteiger partial charge >= 0.3 is 7.55 Å². The maximum absolute atomic E-state index is 11.8. The minimum absolute atomic E-state index is 0. The summed E-state index contributed by atoms with van der Waals surface area (Å²) in [4.78, 5) is 1.46. The van der Waals surface area contributed by atoms with Crippen LogP contribution in [0.15, 0.2) is 21.1 Å². The van der Waals surface area contributed by atoms with Gasteiger partial charge in [0.1, 0.15) is 4.90 Å². The smallest absolute Gasteiger partial charge is 0.396 e. The van der Waals surface area contributed by atoms with Gasteiger partial charge in [0.25, 0.3) is 20.2 Å². The Balaban J connectivity index is 0.00000243. The zero-order chi connectivity index (χ0) is 19.1. The molecule has 12 heteroatoms. The van der Waals surface area contributed by atoms with E-state index in [2.05, 4.69) is 0 Å². The molecule has 1 unspecified atom stereocenters. The van der Waals surface area contributed by atoms with E-state index < -0.39 is 26.3 Å². The number of fused-ring (bicyclic) bond motifs is 2. The Labute approximate surface area is 153 Å². The molecule has 2 aliphatic rings. The first kappa shape index (κ1) is 20.7. The average Bonchev–Trinajstić information content (AvgIpc) is 2.82. The molecule has 0 fully saturated rings. The lowest BCUT2D eigenvalue weighted by Crippen LogP contribution is -2.41. The van der Waals surface area contributed by atoms with Crippen LogP contribution in [0.1, 0.15) is 37.7 Å². The van der Waals surface area contributed by atoms with Crippen LogP contribution in [0.3, 0.4) is 0 Å². The fraction of sp³-hybridized carbons (Fsp3) is 0.429. The molecular formula is C14H20BN2O7S2. The highest BCUT2D eigenvalue weighted by Crippen LogP contribution is 2.44. The second-order valence-electron chi connectivity index (χ2n) is 6.37. The number of rotatable bonds is 2. The molecule has 0 aliphatic carbocycles. The van der Waals surface area contributed by atoms with Gasteiger partial charge in [-0.25, -0.2) is 0 Å². The third kappa shape index (κ3) is 2.64. The van der Waals surface area contributed by atoms with Gasteiger partial charge in [-0.05, 0) is 51.3 Å². The Morgan fingerprint density at radius 3 is 1.96 bits per heavy atom. The first-order valence-corrected chi connectivity index (χ1v) is 10.4. The van der Waals surface area contributed by atoms with Crippen LogP contribution in [0.2, 0.25) is 0 Å². The van der Waals surface area contributed by atoms with Gasteiger partial charge in [0.15, 0.2) is 0 Å². The third-order valence-electron chi connectivity index (χ3n) is 4.89. The van der Waals surface area contributed by atoms with Crippen molar-refractivity contribution in [1.29, 1.82) is 0 Å². The maximum atomic E-state index is 11.8. The number of hydrogen-bond acceptors (Lipinski definition) is 5. The van der Waals surface area contributed by atoms with E-state index in [9.17, 15) is 25.9 Å². The molecule has 0 amide bonds. The van der Waals surface area contributed by atoms with Gasteiger partial charge in [-0.2, -0.15) is 16.8 Å². The fourth-order valence-electron chi connectivity index (χ4n) is 4.04. The predicted molar refractivity (Wildman–Crippen MR) is 96.6 cm³/mol. The van der Waals surface area contributed by atoms with Crippen molar-refractivity contribution in [2.45, 2.75) is 45.6 Å². The van der Waals surface area contributed by atoms with Crippen molar-refractivity contribution in [3.8, 4) is 0 Å². The van der Waals surface area contributed by atoms with Gasteiger partial charge in [0, 0.05) is 17.1 Å². The molecule has 3 rings (SSSR count). The van der Waals surface area contributed by atoms with Crippen LogP contribution in [-0.2, 0) is 20.2 Å². The minimum atomic E-state index is -4.40. The van der Waals surface area contributed by atoms with Crippen molar-refractivity contribution in [3.05, 3.63) is 33.1 Å². The summed E-state index contributed by atoms with van der Waals surface area (Å²) in [6.45, 7) is 8.17. The van der Waals surface area contributed by atoms with Crippen molar-refractivity contribution in [2.24, 2.45) is 0 Å². The second kappa shape index (κ2) is 5.96. The molecule has 143 valence electrons. The first-order chi connectivity index (χ1) is 11.3. The lowest BCUT2D eigenvalue weighted by molar-refractivity contribution is 0.467. The summed E-state index contributed by atoms with van der Waals surface area (Å²) in [6.07, 6.45) is 0. The molecule has 1 atom stereocenters. The molecule has 0 saturated heterocycles. The van der Waals surface area contributed by atoms with Crippen molar-refractivity contribution < 1.29 is 31.4 Å². The quantitative estimate of drug-likeness (QED) is 0.540. The molecule has 1 aromatic heterocycles. The topological polar surface area (TPSA) is 148 Å². The van der Waals surface area contributed by atoms with Crippen LogP contribution in [0.4, 0.5) is 0 Å². The molecule has 0 aromatic carbocycles. The fourth-order valence-corrected chi connectivity index (χ4v) is 6.03. The summed E-state index contributed by atoms with van der Waals surface area (Å²) in [5, 5.41) is 0. The Morgan fingerprint density at radius 2 is 1.50 bits per heavy atom. The van der Waals surface area contributed by atoms with Crippen molar-refractivity contribution in [3.63, 3.8) is 0 Å². The largest absolute Gasteiger partial charge is 0.412 e. The number of aromatic nitrogens is 1. The molecule has 3 heterocycles. The lowest BCUT2D eigenvalue weighted by atomic mass is 9.93. The van der Waals surface area contributed by atoms with E-state index in [-0.39, 0.29) is 15.3 Å². The highest BCUT2D eigenvalue weighted by Gasteiger charge is 2.43. The van der Waals surface area contributed by atoms with Crippen LogP contribution in [-0.4, -0.2) is 54.3 Å². The van der Waals surface area contributed by atoms with E-state index in [1.165, 1.54) is 0 Å². The Bertz CT molecular complexity index is 1080. The summed E-state index contributed by atoms with van der Waals surface area (Å²) in [5.74, 6) is 0. The van der Waals surface area contributed by atoms with E-state index >= 15 is 0 Å². The standard InChI is InChI=1S/C14H18BN2O6S2.H2O/c1-6-11-7(2)13(24(18,19)20)9(4)16(11)15-17-10(5)14(25(21,22)23)8(3)12(6)17;/h9H,1-5H3,(H,18,19,20)(H,21,22,23);1H2. The zero-order valence-corrected chi connectivity index (χ0v) is 16.5. The lowest BCUT2D eigenvalue weighted by Gasteiger charge is -2.33. The van der Waals surface area contributed by atoms with Gasteiger partial charge in [-0.1, -0.05) is 0 Å². The first-order valence-electron chi connectivity index (χ1n) is 7.50. The normalized spacial score (nSPS) is 20.0. The van der Waals surface area contributed by atoms with E-state index in [0.29, 0.717) is 33.8 Å². The maximum Gasteiger partial charge on any atom is 0.396 e. The Kier molecular flexibility index (Phi) is 4.75. The Morgan fingerprint density at radius 1 is 0.962 bits per heavy atom. The van der Waals surface area contributed by atoms with Crippen molar-refractivity contribution >= 4 is 33.4 Å². The molecule has 1 aromatic rings. The minimum Gasteiger partial charge on any atom is -0.412 e. The van der Waals surface area contributed by atoms with Gasteiger partial charge in [0.05, 0.1) is 10.9 Å². The zero-order valence-electron chi connectivity index (χ0n) is 14.9. The number of allylic oxidation sites excluding steroid dienone is 2. The monoisotopic (exact) mass is 403 g/mol. The molecule has 0 bridgehead atoms. The van der Waals surface area contributed by atoms with E-state index in [4.69, 9.17) is 0 Å². The molecule has 4 N–H and O–H groups in total. The van der Waals surface area contributed by atoms with Crippen LogP contribution >= 0.6 is 0 Å². The highest BCUT2D eigenvalue weighted by atomic mass is 32.2. The molecule has 1 radical (unpaired) electrons. The third-order valence-corrected chi connectivity index (χ3v) is 7.21. The summed E-state index contributed by atoms with van der Waals surface area (Å²) >= 11 is 0. The predicted octanol–water partition coefficient (Wildman–Crippen LogP) is 0.520. The summed E-state index contributed by atoms with van der Waals surface area (Å²) < 4.78 is 67.7. The van der Waals surface area contributed by atoms with Crippen molar-refractivity contribution in [1.82, 2.24) is 9.29 Å². The molecule has 2 aliphatic heterocycles. The van der Waals surface area contributed by atoms with E-state index in [0.717, 1.165) is 0 Å². The van der Waals surface area contributed by atoms with Crippen molar-refractivity contribution in [2.75, 3.05) is 0 Å². The summed E-state index contributed by atoms with van der Waals surface area (Å²) in [5.41, 5.74) is 3.00. The second-order valence-corrected chi connectivity index (χ2v) is 9.12. The molecular weight excluding hydrogens is 383 g/mol. The molecule has 9 nitrogen and oxygen atoms in total. The molecule has 0 saturated carbocycles. The van der Waals surface area contributed by atoms with Crippen LogP contribution in [0, 0.1) is 13.8 Å². The van der Waals surface area contributed by atoms with Gasteiger partial charge in [-0.3, -0.25) is 9.11 Å². The van der Waals surface area contributed by atoms with Gasteiger partial charge in [-0.15, -0.1) is 0 Å². The van der Waals surface area contributed by atoms with Gasteiger partial charge in [0.2, 0.25) is 0 Å². The van der Waals surface area contributed by atoms with Gasteiger partial charge < -0.3 is 14.8 Å². The molecule has 26 heavy (non-hydrogen) atoms. The van der Waals surface area contributed by atoms with Crippen LogP contribution < -0.4 is 0 Å². The number of nitrogens with zero attached hydrogens (tertiary/aromatic N) is 2. The van der Waals surface area contributed by atoms with Crippen LogP contribution in [0.5, 0.6) is 0 Å². The summed E-state index contributed by atoms with van der Waals surface area (Å²) in [7, 11) is -7.16. The van der Waals surface area contributed by atoms with Crippen LogP contribution in [0.25, 0.3) is 5.57 Å². The SMILES string of the molecule is CC1=C(S(=O)(=O)O)C(C)N2[B]n3c(C)c(S(=O)(=O)O)c(C)c3C(C)=C12.O. The molecule has 0 spiro atoms.